The molecule has 15 rings (SSSR count). The lowest BCUT2D eigenvalue weighted by Crippen LogP contribution is -2.34. The van der Waals surface area contributed by atoms with E-state index in [4.69, 9.17) is 18.8 Å². The van der Waals surface area contributed by atoms with Gasteiger partial charge in [0.2, 0.25) is 0 Å². The second-order valence-electron chi connectivity index (χ2n) is 17.6. The van der Waals surface area contributed by atoms with Gasteiger partial charge in [0.05, 0.1) is 11.0 Å². The van der Waals surface area contributed by atoms with Gasteiger partial charge >= 0.3 is 0 Å². The number of aliphatic imine (C=N–C) groups is 2. The summed E-state index contributed by atoms with van der Waals surface area (Å²) in [4.78, 5) is 11.1. The van der Waals surface area contributed by atoms with Crippen molar-refractivity contribution in [2.45, 2.75) is 6.17 Å². The number of amidine groups is 2. The highest BCUT2D eigenvalue weighted by molar-refractivity contribution is 7.26. The molecule has 1 aliphatic heterocycles. The SMILES string of the molecule is c1ccc2cc3c(cc2c1)c1ccccc1n3-c1ccc(C2N=C(c3cccc4oc5ccccc5c34)N=C(c3cccc4oc5ccccc5c34)N2)c(-c2cccc3c2sc2ccccc23)c1. The number of nitrogens with zero attached hydrogens (tertiary/aromatic N) is 3. The molecule has 6 nitrogen and oxygen atoms in total. The Kier molecular flexibility index (Phi) is 7.91. The highest BCUT2D eigenvalue weighted by Crippen LogP contribution is 2.45. The van der Waals surface area contributed by atoms with Gasteiger partial charge in [0.1, 0.15) is 34.3 Å². The van der Waals surface area contributed by atoms with E-state index in [1.807, 2.05) is 59.9 Å². The van der Waals surface area contributed by atoms with E-state index < -0.39 is 6.17 Å². The third-order valence-corrected chi connectivity index (χ3v) is 15.1. The van der Waals surface area contributed by atoms with Gasteiger partial charge < -0.3 is 18.7 Å². The van der Waals surface area contributed by atoms with Crippen molar-refractivity contribution in [3.05, 3.63) is 223 Å². The molecule has 0 saturated carbocycles. The lowest BCUT2D eigenvalue weighted by molar-refractivity contribution is 0.668. The van der Waals surface area contributed by atoms with Crippen molar-refractivity contribution in [3.63, 3.8) is 0 Å². The highest BCUT2D eigenvalue weighted by Gasteiger charge is 2.29. The van der Waals surface area contributed by atoms with Crippen molar-refractivity contribution < 1.29 is 8.83 Å². The second-order valence-corrected chi connectivity index (χ2v) is 18.7. The first-order chi connectivity index (χ1) is 33.7. The van der Waals surface area contributed by atoms with Crippen LogP contribution in [0, 0.1) is 0 Å². The normalized spacial score (nSPS) is 14.3. The average Bonchev–Trinajstić information content (AvgIpc) is 4.16. The van der Waals surface area contributed by atoms with E-state index in [2.05, 4.69) is 168 Å². The van der Waals surface area contributed by atoms with E-state index in [0.29, 0.717) is 11.7 Å². The number of para-hydroxylation sites is 3. The van der Waals surface area contributed by atoms with Gasteiger partial charge in [-0.2, -0.15) is 0 Å². The van der Waals surface area contributed by atoms with Crippen LogP contribution in [0.5, 0.6) is 0 Å². The van der Waals surface area contributed by atoms with Crippen LogP contribution in [0.3, 0.4) is 0 Å². The first kappa shape index (κ1) is 37.4. The minimum absolute atomic E-state index is 0.546. The van der Waals surface area contributed by atoms with Gasteiger partial charge in [-0.15, -0.1) is 11.3 Å². The molecule has 1 unspecified atom stereocenters. The van der Waals surface area contributed by atoms with Gasteiger partial charge in [0, 0.05) is 80.4 Å². The lowest BCUT2D eigenvalue weighted by atomic mass is 9.94. The Morgan fingerprint density at radius 2 is 1.04 bits per heavy atom. The van der Waals surface area contributed by atoms with E-state index in [0.717, 1.165) is 88.4 Å². The fourth-order valence-electron chi connectivity index (χ4n) is 10.8. The summed E-state index contributed by atoms with van der Waals surface area (Å²) in [5.41, 5.74) is 11.8. The Bertz CT molecular complexity index is 4510. The summed E-state index contributed by atoms with van der Waals surface area (Å²) >= 11 is 1.84. The van der Waals surface area contributed by atoms with Gasteiger partial charge in [-0.25, -0.2) is 9.98 Å². The zero-order chi connectivity index (χ0) is 44.5. The highest BCUT2D eigenvalue weighted by atomic mass is 32.1. The maximum absolute atomic E-state index is 6.45. The second kappa shape index (κ2) is 14.4. The lowest BCUT2D eigenvalue weighted by Gasteiger charge is -2.26. The van der Waals surface area contributed by atoms with Crippen molar-refractivity contribution in [2.24, 2.45) is 9.98 Å². The van der Waals surface area contributed by atoms with Crippen molar-refractivity contribution in [1.82, 2.24) is 9.88 Å². The smallest absolute Gasteiger partial charge is 0.160 e. The van der Waals surface area contributed by atoms with Crippen LogP contribution >= 0.6 is 11.3 Å². The van der Waals surface area contributed by atoms with Crippen molar-refractivity contribution in [2.75, 3.05) is 0 Å². The summed E-state index contributed by atoms with van der Waals surface area (Å²) in [5, 5.41) is 15.3. The number of aromatic nitrogens is 1. The Labute approximate surface area is 392 Å². The van der Waals surface area contributed by atoms with Crippen molar-refractivity contribution >= 4 is 120 Å². The molecule has 68 heavy (non-hydrogen) atoms. The molecule has 5 heterocycles. The quantitative estimate of drug-likeness (QED) is 0.187. The molecule has 318 valence electrons. The van der Waals surface area contributed by atoms with Gasteiger partial charge in [0.15, 0.2) is 5.84 Å². The van der Waals surface area contributed by atoms with Gasteiger partial charge in [-0.1, -0.05) is 146 Å². The van der Waals surface area contributed by atoms with Gasteiger partial charge in [0.25, 0.3) is 0 Å². The first-order valence-corrected chi connectivity index (χ1v) is 23.7. The number of furan rings is 2. The molecule has 1 atom stereocenters. The molecule has 0 radical (unpaired) electrons. The molecule has 0 amide bonds. The molecule has 1 aliphatic rings. The third kappa shape index (κ3) is 5.51. The van der Waals surface area contributed by atoms with Crippen molar-refractivity contribution in [3.8, 4) is 16.8 Å². The fourth-order valence-corrected chi connectivity index (χ4v) is 12.1. The zero-order valence-electron chi connectivity index (χ0n) is 36.3. The molecular weight excluding hydrogens is 853 g/mol. The number of rotatable bonds is 5. The maximum Gasteiger partial charge on any atom is 0.160 e. The fraction of sp³-hybridized carbons (Fsp3) is 0.0164. The van der Waals surface area contributed by atoms with Crippen LogP contribution in [0.25, 0.3) is 113 Å². The largest absolute Gasteiger partial charge is 0.456 e. The summed E-state index contributed by atoms with van der Waals surface area (Å²) in [6, 6.07) is 73.3. The summed E-state index contributed by atoms with van der Waals surface area (Å²) in [6.07, 6.45) is -0.546. The van der Waals surface area contributed by atoms with Crippen LogP contribution < -0.4 is 5.32 Å². The maximum atomic E-state index is 6.45. The molecule has 0 fully saturated rings. The van der Waals surface area contributed by atoms with Crippen LogP contribution in [0.2, 0.25) is 0 Å². The molecule has 0 spiro atoms. The van der Waals surface area contributed by atoms with Gasteiger partial charge in [-0.3, -0.25) is 0 Å². The molecule has 0 aliphatic carbocycles. The van der Waals surface area contributed by atoms with Gasteiger partial charge in [-0.05, 0) is 77.0 Å². The molecule has 4 aromatic heterocycles. The first-order valence-electron chi connectivity index (χ1n) is 22.9. The number of hydrogen-bond acceptors (Lipinski definition) is 6. The minimum atomic E-state index is -0.546. The summed E-state index contributed by atoms with van der Waals surface area (Å²) in [7, 11) is 0. The molecule has 1 N–H and O–H groups in total. The zero-order valence-corrected chi connectivity index (χ0v) is 37.1. The third-order valence-electron chi connectivity index (χ3n) is 13.9. The van der Waals surface area contributed by atoms with E-state index in [-0.39, 0.29) is 0 Å². The number of thiophene rings is 1. The minimum Gasteiger partial charge on any atom is -0.456 e. The monoisotopic (exact) mass is 888 g/mol. The topological polar surface area (TPSA) is 68.0 Å². The predicted octanol–water partition coefficient (Wildman–Crippen LogP) is 16.3. The summed E-state index contributed by atoms with van der Waals surface area (Å²) in [6.45, 7) is 0. The van der Waals surface area contributed by atoms with E-state index in [1.54, 1.807) is 0 Å². The van der Waals surface area contributed by atoms with Crippen LogP contribution in [0.15, 0.2) is 225 Å². The number of nitrogens with one attached hydrogen (secondary N) is 1. The Morgan fingerprint density at radius 1 is 0.441 bits per heavy atom. The van der Waals surface area contributed by atoms with Crippen LogP contribution in [-0.4, -0.2) is 16.2 Å². The summed E-state index contributed by atoms with van der Waals surface area (Å²) in [5.74, 6) is 1.33. The Morgan fingerprint density at radius 3 is 1.84 bits per heavy atom. The van der Waals surface area contributed by atoms with E-state index in [9.17, 15) is 0 Å². The summed E-state index contributed by atoms with van der Waals surface area (Å²) < 4.78 is 17.8. The molecule has 0 saturated heterocycles. The molecule has 10 aromatic carbocycles. The predicted molar refractivity (Wildman–Crippen MR) is 283 cm³/mol. The van der Waals surface area contributed by atoms with Crippen molar-refractivity contribution in [1.29, 1.82) is 0 Å². The van der Waals surface area contributed by atoms with Crippen LogP contribution in [-0.2, 0) is 0 Å². The van der Waals surface area contributed by atoms with Crippen LogP contribution in [0.4, 0.5) is 0 Å². The molecular formula is C61H36N4O2S. The molecule has 7 heteroatoms. The van der Waals surface area contributed by atoms with Crippen LogP contribution in [0.1, 0.15) is 22.9 Å². The standard InChI is InChI=1S/C61H36N4O2S/c1-2-15-36-33-50-48(32-35(36)14-1)38-16-3-7-24-49(38)65(50)37-30-31-42(47(34-37)41-21-11-20-40-39-17-6-10-29-55(39)68-58(40)41)59-62-60(45-22-12-27-53-56(45)43-18-4-8-25-51(43)66-53)64-61(63-59)46-23-13-28-54-57(46)44-19-5-9-26-52(44)67-54/h1-34,59H,(H,62,63,64). The van der Waals surface area contributed by atoms with E-state index in [1.165, 1.54) is 41.7 Å². The Hall–Kier alpha value is -8.78. The number of hydrogen-bond donors (Lipinski definition) is 1. The molecule has 14 aromatic rings. The van der Waals surface area contributed by atoms with E-state index >= 15 is 0 Å². The Balaban J connectivity index is 1.01. The number of benzene rings is 10. The number of fused-ring (bicyclic) bond motifs is 13. The molecule has 0 bridgehead atoms. The average molecular weight is 889 g/mol.